The van der Waals surface area contributed by atoms with E-state index in [1.807, 2.05) is 32.9 Å². The summed E-state index contributed by atoms with van der Waals surface area (Å²) in [6.45, 7) is 6.03. The van der Waals surface area contributed by atoms with Gasteiger partial charge in [0.25, 0.3) is 0 Å². The highest BCUT2D eigenvalue weighted by Crippen LogP contribution is 2.18. The molecule has 0 saturated heterocycles. The van der Waals surface area contributed by atoms with E-state index in [1.165, 1.54) is 11.0 Å². The number of amides is 2. The predicted molar refractivity (Wildman–Crippen MR) is 114 cm³/mol. The third-order valence-electron chi connectivity index (χ3n) is 4.95. The Hall–Kier alpha value is -2.40. The molecule has 156 valence electrons. The van der Waals surface area contributed by atoms with Crippen LogP contribution in [0.2, 0.25) is 5.02 Å². The first kappa shape index (κ1) is 22.9. The summed E-state index contributed by atoms with van der Waals surface area (Å²) >= 11 is 5.96. The first-order valence-corrected chi connectivity index (χ1v) is 10.3. The van der Waals surface area contributed by atoms with Crippen molar-refractivity contribution in [1.29, 1.82) is 0 Å². The molecular formula is C23H28ClFN2O2. The van der Waals surface area contributed by atoms with Crippen LogP contribution in [0.4, 0.5) is 4.39 Å². The van der Waals surface area contributed by atoms with Gasteiger partial charge in [0.2, 0.25) is 11.8 Å². The normalized spacial score (nSPS) is 12.9. The molecule has 0 aliphatic rings. The standard InChI is InChI=1S/C23H28ClFN2O2/c1-4-16(3)26-23(29)21(5-2)27(15-17-10-12-19(24)13-11-17)22(28)14-18-8-6-7-9-20(18)25/h6-13,16,21H,4-5,14-15H2,1-3H3,(H,26,29)/t16-,21-/m1/s1. The van der Waals surface area contributed by atoms with E-state index in [0.717, 1.165) is 12.0 Å². The molecule has 1 N–H and O–H groups in total. The second kappa shape index (κ2) is 11.0. The van der Waals surface area contributed by atoms with Gasteiger partial charge in [0.05, 0.1) is 6.42 Å². The molecule has 0 bridgehead atoms. The fourth-order valence-corrected chi connectivity index (χ4v) is 3.18. The van der Waals surface area contributed by atoms with E-state index < -0.39 is 11.9 Å². The highest BCUT2D eigenvalue weighted by Gasteiger charge is 2.29. The van der Waals surface area contributed by atoms with Crippen LogP contribution in [-0.4, -0.2) is 28.8 Å². The SMILES string of the molecule is CC[C@@H](C)NC(=O)[C@@H](CC)N(Cc1ccc(Cl)cc1)C(=O)Cc1ccccc1F. The average Bonchev–Trinajstić information content (AvgIpc) is 2.70. The number of carbonyl (C=O) groups excluding carboxylic acids is 2. The minimum atomic E-state index is -0.640. The zero-order valence-electron chi connectivity index (χ0n) is 17.1. The summed E-state index contributed by atoms with van der Waals surface area (Å²) in [5.74, 6) is -0.918. The Bertz CT molecular complexity index is 826. The lowest BCUT2D eigenvalue weighted by molar-refractivity contribution is -0.141. The molecule has 2 rings (SSSR count). The minimum absolute atomic E-state index is 0.00982. The summed E-state index contributed by atoms with van der Waals surface area (Å²) in [5.41, 5.74) is 1.17. The fraction of sp³-hybridized carbons (Fsp3) is 0.391. The lowest BCUT2D eigenvalue weighted by atomic mass is 10.1. The number of halogens is 2. The number of carbonyl (C=O) groups is 2. The predicted octanol–water partition coefficient (Wildman–Crippen LogP) is 4.74. The topological polar surface area (TPSA) is 49.4 Å². The van der Waals surface area contributed by atoms with Crippen molar-refractivity contribution in [3.63, 3.8) is 0 Å². The van der Waals surface area contributed by atoms with E-state index in [1.54, 1.807) is 30.3 Å². The van der Waals surface area contributed by atoms with Crippen LogP contribution in [0.25, 0.3) is 0 Å². The van der Waals surface area contributed by atoms with Gasteiger partial charge in [-0.15, -0.1) is 0 Å². The van der Waals surface area contributed by atoms with E-state index in [-0.39, 0.29) is 30.8 Å². The van der Waals surface area contributed by atoms with Crippen LogP contribution in [0.15, 0.2) is 48.5 Å². The molecule has 29 heavy (non-hydrogen) atoms. The van der Waals surface area contributed by atoms with Crippen LogP contribution in [0.1, 0.15) is 44.7 Å². The van der Waals surface area contributed by atoms with Crippen LogP contribution in [-0.2, 0) is 22.6 Å². The molecule has 2 aromatic rings. The first-order chi connectivity index (χ1) is 13.8. The van der Waals surface area contributed by atoms with Gasteiger partial charge < -0.3 is 10.2 Å². The van der Waals surface area contributed by atoms with Crippen molar-refractivity contribution in [2.24, 2.45) is 0 Å². The zero-order chi connectivity index (χ0) is 21.4. The van der Waals surface area contributed by atoms with Gasteiger partial charge in [-0.3, -0.25) is 9.59 Å². The van der Waals surface area contributed by atoms with E-state index >= 15 is 0 Å². The van der Waals surface area contributed by atoms with E-state index in [9.17, 15) is 14.0 Å². The van der Waals surface area contributed by atoms with Gasteiger partial charge in [0, 0.05) is 17.6 Å². The summed E-state index contributed by atoms with van der Waals surface area (Å²) in [4.78, 5) is 27.5. The summed E-state index contributed by atoms with van der Waals surface area (Å²) in [5, 5.41) is 3.55. The van der Waals surface area contributed by atoms with Gasteiger partial charge >= 0.3 is 0 Å². The number of hydrogen-bond acceptors (Lipinski definition) is 2. The second-order valence-corrected chi connectivity index (χ2v) is 7.59. The molecule has 0 aliphatic carbocycles. The van der Waals surface area contributed by atoms with Gasteiger partial charge in [0.15, 0.2) is 0 Å². The van der Waals surface area contributed by atoms with Crippen molar-refractivity contribution in [2.45, 2.75) is 58.7 Å². The van der Waals surface area contributed by atoms with Crippen LogP contribution in [0, 0.1) is 5.82 Å². The molecule has 2 atom stereocenters. The summed E-state index contributed by atoms with van der Waals surface area (Å²) in [6.07, 6.45) is 1.15. The van der Waals surface area contributed by atoms with Crippen LogP contribution >= 0.6 is 11.6 Å². The maximum atomic E-state index is 14.1. The van der Waals surface area contributed by atoms with E-state index in [0.29, 0.717) is 17.0 Å². The van der Waals surface area contributed by atoms with Gasteiger partial charge in [-0.1, -0.05) is 55.8 Å². The highest BCUT2D eigenvalue weighted by atomic mass is 35.5. The molecule has 2 aromatic carbocycles. The van der Waals surface area contributed by atoms with Crippen molar-refractivity contribution in [1.82, 2.24) is 10.2 Å². The van der Waals surface area contributed by atoms with Crippen molar-refractivity contribution in [3.05, 3.63) is 70.5 Å². The molecule has 0 fully saturated rings. The van der Waals surface area contributed by atoms with E-state index in [2.05, 4.69) is 5.32 Å². The Kier molecular flexibility index (Phi) is 8.65. The molecule has 0 saturated carbocycles. The second-order valence-electron chi connectivity index (χ2n) is 7.16. The number of hydrogen-bond donors (Lipinski definition) is 1. The number of rotatable bonds is 9. The first-order valence-electron chi connectivity index (χ1n) is 9.93. The number of nitrogens with zero attached hydrogens (tertiary/aromatic N) is 1. The molecule has 0 radical (unpaired) electrons. The van der Waals surface area contributed by atoms with Crippen molar-refractivity contribution >= 4 is 23.4 Å². The number of nitrogens with one attached hydrogen (secondary N) is 1. The van der Waals surface area contributed by atoms with Crippen LogP contribution < -0.4 is 5.32 Å². The van der Waals surface area contributed by atoms with Crippen molar-refractivity contribution < 1.29 is 14.0 Å². The Morgan fingerprint density at radius 1 is 1.07 bits per heavy atom. The van der Waals surface area contributed by atoms with Crippen LogP contribution in [0.3, 0.4) is 0 Å². The Labute approximate surface area is 177 Å². The largest absolute Gasteiger partial charge is 0.352 e. The molecule has 0 unspecified atom stereocenters. The Morgan fingerprint density at radius 3 is 2.31 bits per heavy atom. The third kappa shape index (κ3) is 6.57. The molecular weight excluding hydrogens is 391 g/mol. The number of benzene rings is 2. The molecule has 0 aliphatic heterocycles. The Morgan fingerprint density at radius 2 is 1.72 bits per heavy atom. The third-order valence-corrected chi connectivity index (χ3v) is 5.20. The lowest BCUT2D eigenvalue weighted by Crippen LogP contribution is -2.51. The molecule has 0 spiro atoms. The highest BCUT2D eigenvalue weighted by molar-refractivity contribution is 6.30. The Balaban J connectivity index is 2.29. The van der Waals surface area contributed by atoms with Gasteiger partial charge in [0.1, 0.15) is 11.9 Å². The minimum Gasteiger partial charge on any atom is -0.352 e. The summed E-state index contributed by atoms with van der Waals surface area (Å²) in [7, 11) is 0. The molecule has 2 amide bonds. The van der Waals surface area contributed by atoms with Gasteiger partial charge in [-0.05, 0) is 49.1 Å². The molecule has 0 heterocycles. The summed E-state index contributed by atoms with van der Waals surface area (Å²) < 4.78 is 14.1. The summed E-state index contributed by atoms with van der Waals surface area (Å²) in [6, 6.07) is 12.7. The molecule has 6 heteroatoms. The monoisotopic (exact) mass is 418 g/mol. The maximum absolute atomic E-state index is 14.1. The van der Waals surface area contributed by atoms with Gasteiger partial charge in [-0.25, -0.2) is 4.39 Å². The van der Waals surface area contributed by atoms with Crippen molar-refractivity contribution in [3.8, 4) is 0 Å². The van der Waals surface area contributed by atoms with Crippen molar-refractivity contribution in [2.75, 3.05) is 0 Å². The van der Waals surface area contributed by atoms with Crippen LogP contribution in [0.5, 0.6) is 0 Å². The quantitative estimate of drug-likeness (QED) is 0.639. The zero-order valence-corrected chi connectivity index (χ0v) is 17.9. The maximum Gasteiger partial charge on any atom is 0.243 e. The average molecular weight is 419 g/mol. The lowest BCUT2D eigenvalue weighted by Gasteiger charge is -2.31. The fourth-order valence-electron chi connectivity index (χ4n) is 3.05. The molecule has 4 nitrogen and oxygen atoms in total. The van der Waals surface area contributed by atoms with Gasteiger partial charge in [-0.2, -0.15) is 0 Å². The molecule has 0 aromatic heterocycles. The van der Waals surface area contributed by atoms with E-state index in [4.69, 9.17) is 11.6 Å². The smallest absolute Gasteiger partial charge is 0.243 e.